The Morgan fingerprint density at radius 1 is 1.18 bits per heavy atom. The summed E-state index contributed by atoms with van der Waals surface area (Å²) < 4.78 is 0. The molecule has 3 aliphatic rings. The Kier molecular flexibility index (Phi) is 5.40. The fraction of sp³-hybridized carbons (Fsp3) is 0.944. The van der Waals surface area contributed by atoms with Crippen molar-refractivity contribution in [1.82, 2.24) is 15.1 Å². The molecule has 0 radical (unpaired) electrons. The van der Waals surface area contributed by atoms with Crippen LogP contribution in [0.25, 0.3) is 0 Å². The van der Waals surface area contributed by atoms with E-state index >= 15 is 0 Å². The van der Waals surface area contributed by atoms with Crippen LogP contribution in [-0.2, 0) is 4.79 Å². The van der Waals surface area contributed by atoms with Crippen molar-refractivity contribution in [2.45, 2.75) is 63.8 Å². The van der Waals surface area contributed by atoms with E-state index in [4.69, 9.17) is 0 Å². The largest absolute Gasteiger partial charge is 0.341 e. The molecule has 4 heteroatoms. The van der Waals surface area contributed by atoms with Crippen LogP contribution in [0.3, 0.4) is 0 Å². The van der Waals surface area contributed by atoms with E-state index in [0.29, 0.717) is 5.91 Å². The predicted molar refractivity (Wildman–Crippen MR) is 89.9 cm³/mol. The highest BCUT2D eigenvalue weighted by Gasteiger charge is 2.43. The van der Waals surface area contributed by atoms with Gasteiger partial charge in [0.15, 0.2) is 0 Å². The Hall–Kier alpha value is -0.610. The second-order valence-electron chi connectivity index (χ2n) is 7.57. The third-order valence-electron chi connectivity index (χ3n) is 6.37. The van der Waals surface area contributed by atoms with Crippen LogP contribution in [0.1, 0.15) is 58.3 Å². The molecule has 1 saturated carbocycles. The number of rotatable bonds is 5. The monoisotopic (exact) mass is 307 g/mol. The van der Waals surface area contributed by atoms with Crippen molar-refractivity contribution in [2.24, 2.45) is 5.92 Å². The number of hydrogen-bond donors (Lipinski definition) is 1. The van der Waals surface area contributed by atoms with Crippen molar-refractivity contribution in [3.05, 3.63) is 0 Å². The van der Waals surface area contributed by atoms with Gasteiger partial charge in [0.2, 0.25) is 5.91 Å². The first-order valence-corrected chi connectivity index (χ1v) is 9.47. The van der Waals surface area contributed by atoms with Crippen LogP contribution < -0.4 is 5.32 Å². The van der Waals surface area contributed by atoms with Crippen molar-refractivity contribution in [1.29, 1.82) is 0 Å². The summed E-state index contributed by atoms with van der Waals surface area (Å²) in [6.07, 6.45) is 9.71. The molecule has 126 valence electrons. The van der Waals surface area contributed by atoms with Crippen LogP contribution in [0.2, 0.25) is 0 Å². The van der Waals surface area contributed by atoms with Crippen LogP contribution in [-0.4, -0.2) is 60.5 Å². The van der Waals surface area contributed by atoms with E-state index in [0.717, 1.165) is 58.0 Å². The maximum atomic E-state index is 12.6. The molecule has 1 unspecified atom stereocenters. The number of carbonyl (C=O) groups excluding carboxylic acids is 1. The first kappa shape index (κ1) is 16.3. The molecule has 0 spiro atoms. The lowest BCUT2D eigenvalue weighted by molar-refractivity contribution is -0.131. The van der Waals surface area contributed by atoms with Gasteiger partial charge in [0, 0.05) is 51.2 Å². The van der Waals surface area contributed by atoms with Gasteiger partial charge >= 0.3 is 0 Å². The van der Waals surface area contributed by atoms with Crippen molar-refractivity contribution < 1.29 is 4.79 Å². The number of carbonyl (C=O) groups is 1. The molecule has 22 heavy (non-hydrogen) atoms. The molecule has 1 N–H and O–H groups in total. The summed E-state index contributed by atoms with van der Waals surface area (Å²) >= 11 is 0. The standard InChI is InChI=1S/C18H33N3O/c1-2-18(21-13-10-19-11-14-21)9-12-20(15-18)17(22)8-7-16-5-3-4-6-16/h16,19H,2-15H2,1H3. The van der Waals surface area contributed by atoms with Gasteiger partial charge in [0.05, 0.1) is 0 Å². The number of hydrogen-bond acceptors (Lipinski definition) is 3. The summed E-state index contributed by atoms with van der Waals surface area (Å²) in [5.74, 6) is 1.24. The summed E-state index contributed by atoms with van der Waals surface area (Å²) in [5.41, 5.74) is 0.255. The Balaban J connectivity index is 1.51. The van der Waals surface area contributed by atoms with Gasteiger partial charge in [-0.1, -0.05) is 32.6 Å². The molecule has 0 aromatic carbocycles. The predicted octanol–water partition coefficient (Wildman–Crippen LogP) is 2.24. The van der Waals surface area contributed by atoms with E-state index < -0.39 is 0 Å². The van der Waals surface area contributed by atoms with Crippen molar-refractivity contribution >= 4 is 5.91 Å². The SMILES string of the molecule is CCC1(N2CCNCC2)CCN(C(=O)CCC2CCCC2)C1. The minimum absolute atomic E-state index is 0.255. The third kappa shape index (κ3) is 3.48. The zero-order valence-corrected chi connectivity index (χ0v) is 14.3. The maximum absolute atomic E-state index is 12.6. The van der Waals surface area contributed by atoms with E-state index in [2.05, 4.69) is 22.0 Å². The van der Waals surface area contributed by atoms with Gasteiger partial charge in [0.25, 0.3) is 0 Å². The van der Waals surface area contributed by atoms with Gasteiger partial charge in [-0.3, -0.25) is 9.69 Å². The van der Waals surface area contributed by atoms with Gasteiger partial charge in [-0.05, 0) is 25.2 Å². The smallest absolute Gasteiger partial charge is 0.222 e. The van der Waals surface area contributed by atoms with Crippen molar-refractivity contribution in [3.63, 3.8) is 0 Å². The number of likely N-dealkylation sites (tertiary alicyclic amines) is 1. The highest BCUT2D eigenvalue weighted by atomic mass is 16.2. The van der Waals surface area contributed by atoms with Gasteiger partial charge in [0.1, 0.15) is 0 Å². The minimum atomic E-state index is 0.255. The van der Waals surface area contributed by atoms with Gasteiger partial charge in [-0.25, -0.2) is 0 Å². The quantitative estimate of drug-likeness (QED) is 0.846. The van der Waals surface area contributed by atoms with E-state index in [1.807, 2.05) is 0 Å². The van der Waals surface area contributed by atoms with Crippen LogP contribution in [0, 0.1) is 5.92 Å². The molecule has 0 aromatic rings. The Bertz CT molecular complexity index is 375. The average Bonchev–Trinajstić information content (AvgIpc) is 3.24. The summed E-state index contributed by atoms with van der Waals surface area (Å²) in [4.78, 5) is 17.4. The fourth-order valence-electron chi connectivity index (χ4n) is 4.76. The van der Waals surface area contributed by atoms with E-state index in [1.54, 1.807) is 0 Å². The summed E-state index contributed by atoms with van der Waals surface area (Å²) in [6, 6.07) is 0. The molecule has 1 amide bonds. The third-order valence-corrected chi connectivity index (χ3v) is 6.37. The van der Waals surface area contributed by atoms with Gasteiger partial charge < -0.3 is 10.2 Å². The molecule has 2 aliphatic heterocycles. The molecule has 0 bridgehead atoms. The molecular formula is C18H33N3O. The second-order valence-corrected chi connectivity index (χ2v) is 7.57. The lowest BCUT2D eigenvalue weighted by Gasteiger charge is -2.43. The zero-order chi connectivity index (χ0) is 15.4. The Morgan fingerprint density at radius 2 is 1.91 bits per heavy atom. The number of piperazine rings is 1. The molecule has 3 rings (SSSR count). The summed E-state index contributed by atoms with van der Waals surface area (Å²) in [5, 5.41) is 3.44. The molecule has 0 aromatic heterocycles. The van der Waals surface area contributed by atoms with Gasteiger partial charge in [-0.2, -0.15) is 0 Å². The Labute approximate surface area is 135 Å². The van der Waals surface area contributed by atoms with Crippen LogP contribution in [0.5, 0.6) is 0 Å². The van der Waals surface area contributed by atoms with E-state index in [-0.39, 0.29) is 5.54 Å². The van der Waals surface area contributed by atoms with Crippen molar-refractivity contribution in [3.8, 4) is 0 Å². The number of nitrogens with one attached hydrogen (secondary N) is 1. The van der Waals surface area contributed by atoms with E-state index in [9.17, 15) is 4.79 Å². The Morgan fingerprint density at radius 3 is 2.59 bits per heavy atom. The van der Waals surface area contributed by atoms with Crippen molar-refractivity contribution in [2.75, 3.05) is 39.3 Å². The molecule has 2 saturated heterocycles. The molecule has 1 aliphatic carbocycles. The molecule has 1 atom stereocenters. The second kappa shape index (κ2) is 7.31. The first-order valence-electron chi connectivity index (χ1n) is 9.47. The van der Waals surface area contributed by atoms with E-state index in [1.165, 1.54) is 38.5 Å². The molecule has 3 fully saturated rings. The highest BCUT2D eigenvalue weighted by molar-refractivity contribution is 5.76. The van der Waals surface area contributed by atoms with Crippen LogP contribution in [0.4, 0.5) is 0 Å². The maximum Gasteiger partial charge on any atom is 0.222 e. The average molecular weight is 307 g/mol. The first-order chi connectivity index (χ1) is 10.7. The highest BCUT2D eigenvalue weighted by Crippen LogP contribution is 2.33. The fourth-order valence-corrected chi connectivity index (χ4v) is 4.76. The molecular weight excluding hydrogens is 274 g/mol. The molecule has 4 nitrogen and oxygen atoms in total. The topological polar surface area (TPSA) is 35.6 Å². The summed E-state index contributed by atoms with van der Waals surface area (Å²) in [6.45, 7) is 8.70. The van der Waals surface area contributed by atoms with Crippen LogP contribution >= 0.6 is 0 Å². The minimum Gasteiger partial charge on any atom is -0.341 e. The van der Waals surface area contributed by atoms with Crippen LogP contribution in [0.15, 0.2) is 0 Å². The lowest BCUT2D eigenvalue weighted by Crippen LogP contribution is -2.57. The number of amides is 1. The summed E-state index contributed by atoms with van der Waals surface area (Å²) in [7, 11) is 0. The normalized spacial score (nSPS) is 31.0. The van der Waals surface area contributed by atoms with Gasteiger partial charge in [-0.15, -0.1) is 0 Å². The molecule has 2 heterocycles. The zero-order valence-electron chi connectivity index (χ0n) is 14.3. The number of nitrogens with zero attached hydrogens (tertiary/aromatic N) is 2. The lowest BCUT2D eigenvalue weighted by atomic mass is 9.92.